The molecule has 0 aliphatic rings. The van der Waals surface area contributed by atoms with Gasteiger partial charge in [0.15, 0.2) is 17.5 Å². The van der Waals surface area contributed by atoms with Crippen LogP contribution < -0.4 is 0 Å². The molecule has 10 rings (SSSR count). The Labute approximate surface area is 283 Å². The Morgan fingerprint density at radius 2 is 1.06 bits per heavy atom. The summed E-state index contributed by atoms with van der Waals surface area (Å²) in [6, 6.07) is 49.0. The first kappa shape index (κ1) is 27.3. The second-order valence-electron chi connectivity index (χ2n) is 11.9. The number of rotatable bonds is 4. The zero-order valence-corrected chi connectivity index (χ0v) is 27.1. The average molecular weight is 649 g/mol. The summed E-state index contributed by atoms with van der Waals surface area (Å²) in [4.78, 5) is 20.1. The van der Waals surface area contributed by atoms with Gasteiger partial charge in [-0.15, -0.1) is 22.7 Å². The molecule has 0 fully saturated rings. The van der Waals surface area contributed by atoms with Gasteiger partial charge in [-0.2, -0.15) is 0 Å². The molecule has 0 radical (unpaired) electrons. The Hall–Kier alpha value is -5.82. The zero-order chi connectivity index (χ0) is 31.6. The molecule has 0 atom stereocenters. The molecule has 10 aromatic rings. The minimum Gasteiger partial charge on any atom is -0.255 e. The maximum Gasteiger partial charge on any atom is 0.165 e. The predicted molar refractivity (Wildman–Crippen MR) is 203 cm³/mol. The van der Waals surface area contributed by atoms with Gasteiger partial charge in [-0.05, 0) is 52.2 Å². The lowest BCUT2D eigenvalue weighted by molar-refractivity contribution is 1.08. The lowest BCUT2D eigenvalue weighted by Gasteiger charge is -2.10. The van der Waals surface area contributed by atoms with Crippen molar-refractivity contribution in [2.24, 2.45) is 0 Å². The third-order valence-electron chi connectivity index (χ3n) is 9.00. The number of pyridine rings is 1. The smallest absolute Gasteiger partial charge is 0.165 e. The molecule has 4 aromatic heterocycles. The topological polar surface area (TPSA) is 51.6 Å². The highest BCUT2D eigenvalue weighted by atomic mass is 32.1. The van der Waals surface area contributed by atoms with E-state index in [2.05, 4.69) is 132 Å². The highest BCUT2D eigenvalue weighted by Crippen LogP contribution is 2.41. The largest absolute Gasteiger partial charge is 0.255 e. The highest BCUT2D eigenvalue weighted by molar-refractivity contribution is 7.27. The normalized spacial score (nSPS) is 11.8. The highest BCUT2D eigenvalue weighted by Gasteiger charge is 2.17. The number of hydrogen-bond acceptors (Lipinski definition) is 6. The molecule has 0 bridgehead atoms. The molecule has 48 heavy (non-hydrogen) atoms. The van der Waals surface area contributed by atoms with Crippen LogP contribution in [0.1, 0.15) is 0 Å². The fourth-order valence-corrected chi connectivity index (χ4v) is 9.05. The molecule has 0 saturated heterocycles. The minimum absolute atomic E-state index is 0.652. The zero-order valence-electron chi connectivity index (χ0n) is 25.5. The van der Waals surface area contributed by atoms with E-state index in [4.69, 9.17) is 15.0 Å². The van der Waals surface area contributed by atoms with Gasteiger partial charge < -0.3 is 0 Å². The van der Waals surface area contributed by atoms with E-state index >= 15 is 0 Å². The van der Waals surface area contributed by atoms with Gasteiger partial charge in [0, 0.05) is 53.1 Å². The van der Waals surface area contributed by atoms with Crippen LogP contribution in [0.3, 0.4) is 0 Å². The Morgan fingerprint density at radius 1 is 0.396 bits per heavy atom. The van der Waals surface area contributed by atoms with Crippen molar-refractivity contribution in [1.29, 1.82) is 0 Å². The molecule has 6 aromatic carbocycles. The van der Waals surface area contributed by atoms with E-state index in [1.807, 2.05) is 18.3 Å². The fourth-order valence-electron chi connectivity index (χ4n) is 6.64. The summed E-state index contributed by atoms with van der Waals surface area (Å²) in [5.74, 6) is 1.98. The van der Waals surface area contributed by atoms with Crippen molar-refractivity contribution in [3.63, 3.8) is 0 Å². The van der Waals surface area contributed by atoms with E-state index in [0.717, 1.165) is 33.2 Å². The molecular formula is C42H24N4S2. The lowest BCUT2D eigenvalue weighted by Crippen LogP contribution is -2.00. The summed E-state index contributed by atoms with van der Waals surface area (Å²) in [6.07, 6.45) is 1.87. The fraction of sp³-hybridized carbons (Fsp3) is 0. The van der Waals surface area contributed by atoms with Gasteiger partial charge in [0.05, 0.1) is 10.2 Å². The summed E-state index contributed by atoms with van der Waals surface area (Å²) in [5, 5.41) is 6.02. The summed E-state index contributed by atoms with van der Waals surface area (Å²) in [5.41, 5.74) is 6.31. The first-order valence-electron chi connectivity index (χ1n) is 15.8. The van der Waals surface area contributed by atoms with Crippen LogP contribution in [0.4, 0.5) is 0 Å². The molecule has 224 valence electrons. The van der Waals surface area contributed by atoms with E-state index in [-0.39, 0.29) is 0 Å². The Bertz CT molecular complexity index is 2840. The van der Waals surface area contributed by atoms with E-state index in [9.17, 15) is 0 Å². The summed E-state index contributed by atoms with van der Waals surface area (Å²) < 4.78 is 4.88. The Balaban J connectivity index is 1.16. The van der Waals surface area contributed by atoms with Crippen LogP contribution in [0.15, 0.2) is 146 Å². The summed E-state index contributed by atoms with van der Waals surface area (Å²) in [7, 11) is 0. The third kappa shape index (κ3) is 4.42. The summed E-state index contributed by atoms with van der Waals surface area (Å²) >= 11 is 3.58. The molecule has 0 unspecified atom stereocenters. The van der Waals surface area contributed by atoms with Crippen LogP contribution in [0.25, 0.3) is 96.5 Å². The summed E-state index contributed by atoms with van der Waals surface area (Å²) in [6.45, 7) is 0. The quantitative estimate of drug-likeness (QED) is 0.191. The molecular weight excluding hydrogens is 625 g/mol. The average Bonchev–Trinajstić information content (AvgIpc) is 3.74. The van der Waals surface area contributed by atoms with Crippen LogP contribution in [0.5, 0.6) is 0 Å². The van der Waals surface area contributed by atoms with E-state index in [0.29, 0.717) is 17.5 Å². The molecule has 4 nitrogen and oxygen atoms in total. The first-order valence-corrected chi connectivity index (χ1v) is 17.4. The monoisotopic (exact) mass is 648 g/mol. The van der Waals surface area contributed by atoms with Crippen LogP contribution in [-0.2, 0) is 0 Å². The predicted octanol–water partition coefficient (Wildman–Crippen LogP) is 11.8. The van der Waals surface area contributed by atoms with Gasteiger partial charge in [-0.1, -0.05) is 109 Å². The van der Waals surface area contributed by atoms with Crippen LogP contribution >= 0.6 is 22.7 Å². The van der Waals surface area contributed by atoms with Crippen molar-refractivity contribution in [3.05, 3.63) is 146 Å². The molecule has 6 heteroatoms. The molecule has 0 aliphatic heterocycles. The van der Waals surface area contributed by atoms with Crippen molar-refractivity contribution >= 4 is 73.9 Å². The molecule has 0 N–H and O–H groups in total. The number of fused-ring (bicyclic) bond motifs is 8. The van der Waals surface area contributed by atoms with Crippen molar-refractivity contribution in [2.75, 3.05) is 0 Å². The van der Waals surface area contributed by atoms with Crippen LogP contribution in [-0.4, -0.2) is 19.9 Å². The van der Waals surface area contributed by atoms with Gasteiger partial charge in [-0.3, -0.25) is 4.98 Å². The molecule has 0 amide bonds. The SMILES string of the molecule is c1ccc(-c2ccc(-c3nc(-c4ccc5c(ccc6c7ncccc7sc56)c4)nc(-c4cccc5c4sc4ccccc45)n3)cc2)cc1. The van der Waals surface area contributed by atoms with E-state index in [1.165, 1.54) is 45.9 Å². The van der Waals surface area contributed by atoms with Crippen molar-refractivity contribution in [2.45, 2.75) is 0 Å². The van der Waals surface area contributed by atoms with Gasteiger partial charge in [-0.25, -0.2) is 15.0 Å². The molecule has 0 spiro atoms. The molecule has 0 saturated carbocycles. The Kier molecular flexibility index (Phi) is 6.19. The van der Waals surface area contributed by atoms with Crippen LogP contribution in [0, 0.1) is 0 Å². The van der Waals surface area contributed by atoms with Gasteiger partial charge >= 0.3 is 0 Å². The maximum absolute atomic E-state index is 5.17. The van der Waals surface area contributed by atoms with Gasteiger partial charge in [0.2, 0.25) is 0 Å². The van der Waals surface area contributed by atoms with E-state index < -0.39 is 0 Å². The number of aromatic nitrogens is 4. The van der Waals surface area contributed by atoms with E-state index in [1.54, 1.807) is 22.7 Å². The van der Waals surface area contributed by atoms with Crippen molar-refractivity contribution in [3.8, 4) is 45.3 Å². The Morgan fingerprint density at radius 3 is 1.96 bits per heavy atom. The molecule has 4 heterocycles. The number of nitrogens with zero attached hydrogens (tertiary/aromatic N) is 4. The lowest BCUT2D eigenvalue weighted by atomic mass is 10.0. The van der Waals surface area contributed by atoms with Gasteiger partial charge in [0.25, 0.3) is 0 Å². The minimum atomic E-state index is 0.652. The first-order chi connectivity index (χ1) is 23.8. The third-order valence-corrected chi connectivity index (χ3v) is 11.4. The number of thiophene rings is 2. The maximum atomic E-state index is 5.17. The molecule has 0 aliphatic carbocycles. The number of hydrogen-bond donors (Lipinski definition) is 0. The second-order valence-corrected chi connectivity index (χ2v) is 14.0. The standard InChI is InChI=1S/C42H24N4S2/c1-2-8-25(9-3-1)26-15-17-27(18-16-26)40-44-41(46-42(45-40)34-12-6-11-32-31-10-4-5-13-35(31)47-39(32)34)29-20-21-30-28(24-29)19-22-33-37-36(48-38(30)33)14-7-23-43-37/h1-24H. The van der Waals surface area contributed by atoms with Crippen molar-refractivity contribution < 1.29 is 0 Å². The van der Waals surface area contributed by atoms with Crippen LogP contribution in [0.2, 0.25) is 0 Å². The van der Waals surface area contributed by atoms with Gasteiger partial charge in [0.1, 0.15) is 0 Å². The van der Waals surface area contributed by atoms with Crippen molar-refractivity contribution in [1.82, 2.24) is 19.9 Å². The number of benzene rings is 6. The second kappa shape index (κ2) is 10.9.